The molecule has 2 atom stereocenters. The van der Waals surface area contributed by atoms with Crippen molar-refractivity contribution in [2.75, 3.05) is 0 Å². The van der Waals surface area contributed by atoms with Crippen LogP contribution in [0.2, 0.25) is 0 Å². The Labute approximate surface area is 187 Å². The van der Waals surface area contributed by atoms with E-state index in [1.54, 1.807) is 0 Å². The maximum Gasteiger partial charge on any atom is 0.236 e. The Morgan fingerprint density at radius 3 is 1.19 bits per heavy atom. The van der Waals surface area contributed by atoms with Crippen LogP contribution in [0.1, 0.15) is 105 Å². The molecule has 3 rings (SSSR count). The fourth-order valence-electron chi connectivity index (χ4n) is 6.53. The van der Waals surface area contributed by atoms with Crippen LogP contribution >= 0.6 is 0 Å². The Morgan fingerprint density at radius 2 is 0.903 bits per heavy atom. The van der Waals surface area contributed by atoms with E-state index in [4.69, 9.17) is 0 Å². The molecule has 0 bridgehead atoms. The number of amides is 2. The molecule has 3 aliphatic carbocycles. The molecule has 4 N–H and O–H groups in total. The zero-order valence-electron chi connectivity index (χ0n) is 20.0. The third kappa shape index (κ3) is 4.80. The zero-order chi connectivity index (χ0) is 22.9. The molecule has 31 heavy (non-hydrogen) atoms. The van der Waals surface area contributed by atoms with E-state index in [-0.39, 0.29) is 35.7 Å². The summed E-state index contributed by atoms with van der Waals surface area (Å²) in [6, 6.07) is -0.708. The van der Waals surface area contributed by atoms with E-state index in [1.165, 1.54) is 0 Å². The van der Waals surface area contributed by atoms with Crippen molar-refractivity contribution in [3.63, 3.8) is 0 Å². The van der Waals surface area contributed by atoms with Gasteiger partial charge in [0, 0.05) is 0 Å². The van der Waals surface area contributed by atoms with Crippen molar-refractivity contribution in [1.29, 1.82) is 0 Å². The maximum atomic E-state index is 13.6. The summed E-state index contributed by atoms with van der Waals surface area (Å²) >= 11 is 0. The highest BCUT2D eigenvalue weighted by molar-refractivity contribution is 6.05. The molecular formula is C25H44N2O4. The number of hydrogen-bond acceptors (Lipinski definition) is 4. The van der Waals surface area contributed by atoms with Crippen LogP contribution in [0.5, 0.6) is 0 Å². The molecule has 3 fully saturated rings. The van der Waals surface area contributed by atoms with Gasteiger partial charge < -0.3 is 20.8 Å². The first kappa shape index (κ1) is 24.5. The summed E-state index contributed by atoms with van der Waals surface area (Å²) in [7, 11) is 0. The number of carbonyl (C=O) groups is 2. The van der Waals surface area contributed by atoms with Crippen LogP contribution in [0.3, 0.4) is 0 Å². The van der Waals surface area contributed by atoms with E-state index in [2.05, 4.69) is 10.6 Å². The van der Waals surface area contributed by atoms with Gasteiger partial charge in [-0.2, -0.15) is 0 Å². The Balaban J connectivity index is 1.80. The summed E-state index contributed by atoms with van der Waals surface area (Å²) in [5.74, 6) is -0.336. The Kier molecular flexibility index (Phi) is 7.42. The van der Waals surface area contributed by atoms with Crippen molar-refractivity contribution in [2.45, 2.75) is 128 Å². The van der Waals surface area contributed by atoms with Gasteiger partial charge in [-0.1, -0.05) is 66.2 Å². The second kappa shape index (κ2) is 9.38. The highest BCUT2D eigenvalue weighted by atomic mass is 16.3. The molecule has 3 saturated carbocycles. The fraction of sp³-hybridized carbons (Fsp3) is 0.920. The van der Waals surface area contributed by atoms with Gasteiger partial charge in [0.2, 0.25) is 11.8 Å². The van der Waals surface area contributed by atoms with E-state index < -0.39 is 16.6 Å². The van der Waals surface area contributed by atoms with Crippen LogP contribution in [0, 0.1) is 17.3 Å². The fourth-order valence-corrected chi connectivity index (χ4v) is 6.53. The van der Waals surface area contributed by atoms with Crippen molar-refractivity contribution < 1.29 is 19.8 Å². The Hall–Kier alpha value is -1.14. The third-order valence-electron chi connectivity index (χ3n) is 8.33. The molecule has 0 saturated heterocycles. The normalized spacial score (nSPS) is 26.2. The van der Waals surface area contributed by atoms with E-state index in [0.29, 0.717) is 38.5 Å². The van der Waals surface area contributed by atoms with Gasteiger partial charge in [-0.25, -0.2) is 0 Å². The standard InChI is InChI=1S/C25H44N2O4/c1-17(2)19(24(30)13-7-8-14-24)26-21(28)23(11-5-6-12-23)22(29)27-20(18(3)4)25(31)15-9-10-16-25/h17-20,30-31H,5-16H2,1-4H3,(H,26,28)(H,27,29)/t19-,20-/m1/s1. The van der Waals surface area contributed by atoms with Gasteiger partial charge in [0.25, 0.3) is 0 Å². The van der Waals surface area contributed by atoms with Crippen LogP contribution < -0.4 is 10.6 Å². The average molecular weight is 437 g/mol. The molecule has 2 amide bonds. The molecule has 3 aliphatic rings. The summed E-state index contributed by atoms with van der Waals surface area (Å²) in [5, 5.41) is 28.6. The molecule has 0 aromatic carbocycles. The van der Waals surface area contributed by atoms with Crippen LogP contribution in [0.15, 0.2) is 0 Å². The van der Waals surface area contributed by atoms with E-state index >= 15 is 0 Å². The van der Waals surface area contributed by atoms with Gasteiger partial charge in [-0.3, -0.25) is 9.59 Å². The lowest BCUT2D eigenvalue weighted by Crippen LogP contribution is -2.62. The van der Waals surface area contributed by atoms with E-state index in [9.17, 15) is 19.8 Å². The van der Waals surface area contributed by atoms with Crippen LogP contribution in [0.4, 0.5) is 0 Å². The summed E-state index contributed by atoms with van der Waals surface area (Å²) in [6.45, 7) is 8.08. The van der Waals surface area contributed by atoms with Crippen molar-refractivity contribution >= 4 is 11.8 Å². The van der Waals surface area contributed by atoms with Crippen LogP contribution in [-0.2, 0) is 9.59 Å². The molecule has 0 aromatic rings. The summed E-state index contributed by atoms with van der Waals surface area (Å²) in [6.07, 6.45) is 9.37. The van der Waals surface area contributed by atoms with Gasteiger partial charge in [-0.15, -0.1) is 0 Å². The maximum absolute atomic E-state index is 13.6. The first-order valence-corrected chi connectivity index (χ1v) is 12.6. The molecule has 0 heterocycles. The molecular weight excluding hydrogens is 392 g/mol. The summed E-state index contributed by atoms with van der Waals surface area (Å²) in [4.78, 5) is 27.3. The first-order chi connectivity index (χ1) is 14.5. The molecule has 0 aliphatic heterocycles. The lowest BCUT2D eigenvalue weighted by atomic mass is 9.79. The van der Waals surface area contributed by atoms with Gasteiger partial charge in [0.05, 0.1) is 23.3 Å². The number of nitrogens with one attached hydrogen (secondary N) is 2. The quantitative estimate of drug-likeness (QED) is 0.438. The zero-order valence-corrected chi connectivity index (χ0v) is 20.0. The van der Waals surface area contributed by atoms with Crippen molar-refractivity contribution in [3.8, 4) is 0 Å². The van der Waals surface area contributed by atoms with Crippen LogP contribution in [0.25, 0.3) is 0 Å². The summed E-state index contributed by atoms with van der Waals surface area (Å²) < 4.78 is 0. The first-order valence-electron chi connectivity index (χ1n) is 12.6. The molecule has 6 nitrogen and oxygen atoms in total. The Morgan fingerprint density at radius 1 is 0.613 bits per heavy atom. The second-order valence-corrected chi connectivity index (χ2v) is 11.3. The number of aliphatic hydroxyl groups is 2. The van der Waals surface area contributed by atoms with E-state index in [0.717, 1.165) is 38.5 Å². The lowest BCUT2D eigenvalue weighted by molar-refractivity contribution is -0.147. The highest BCUT2D eigenvalue weighted by Gasteiger charge is 2.52. The largest absolute Gasteiger partial charge is 0.388 e. The predicted molar refractivity (Wildman–Crippen MR) is 121 cm³/mol. The second-order valence-electron chi connectivity index (χ2n) is 11.3. The molecule has 6 heteroatoms. The minimum Gasteiger partial charge on any atom is -0.388 e. The number of carbonyl (C=O) groups excluding carboxylic acids is 2. The molecule has 178 valence electrons. The molecule has 0 aromatic heterocycles. The van der Waals surface area contributed by atoms with Gasteiger partial charge in [0.15, 0.2) is 0 Å². The molecule has 0 radical (unpaired) electrons. The lowest BCUT2D eigenvalue weighted by Gasteiger charge is -2.41. The number of hydrogen-bond donors (Lipinski definition) is 4. The molecule has 0 spiro atoms. The van der Waals surface area contributed by atoms with Gasteiger partial charge in [0.1, 0.15) is 5.41 Å². The van der Waals surface area contributed by atoms with Gasteiger partial charge >= 0.3 is 0 Å². The van der Waals surface area contributed by atoms with Crippen molar-refractivity contribution in [3.05, 3.63) is 0 Å². The topological polar surface area (TPSA) is 98.7 Å². The highest BCUT2D eigenvalue weighted by Crippen LogP contribution is 2.42. The van der Waals surface area contributed by atoms with Crippen molar-refractivity contribution in [2.24, 2.45) is 17.3 Å². The monoisotopic (exact) mass is 436 g/mol. The average Bonchev–Trinajstić information content (AvgIpc) is 3.45. The smallest absolute Gasteiger partial charge is 0.236 e. The number of rotatable bonds is 8. The summed E-state index contributed by atoms with van der Waals surface area (Å²) in [5.41, 5.74) is -2.89. The third-order valence-corrected chi connectivity index (χ3v) is 8.33. The van der Waals surface area contributed by atoms with Crippen LogP contribution in [-0.4, -0.2) is 45.3 Å². The Bertz CT molecular complexity index is 592. The van der Waals surface area contributed by atoms with Crippen molar-refractivity contribution in [1.82, 2.24) is 10.6 Å². The van der Waals surface area contributed by atoms with E-state index in [1.807, 2.05) is 27.7 Å². The SMILES string of the molecule is CC(C)[C@@H](NC(=O)C1(C(=O)N[C@H](C(C)C)C2(O)CCCC2)CCCC1)C1(O)CCCC1. The van der Waals surface area contributed by atoms with Gasteiger partial charge in [-0.05, 0) is 50.4 Å². The molecule has 0 unspecified atom stereocenters. The predicted octanol–water partition coefficient (Wildman–Crippen LogP) is 3.44. The minimum absolute atomic E-state index is 0.0798. The minimum atomic E-state index is -1.11.